The molecule has 2 aliphatic rings. The molecule has 3 atom stereocenters. The maximum absolute atomic E-state index is 5.67. The third-order valence-corrected chi connectivity index (χ3v) is 5.61. The Morgan fingerprint density at radius 1 is 1.11 bits per heavy atom. The lowest BCUT2D eigenvalue weighted by Gasteiger charge is -2.36. The maximum atomic E-state index is 5.67. The van der Waals surface area contributed by atoms with Crippen LogP contribution in [0, 0.1) is 11.8 Å². The molecule has 0 saturated carbocycles. The summed E-state index contributed by atoms with van der Waals surface area (Å²) in [4.78, 5) is 7.53. The van der Waals surface area contributed by atoms with Gasteiger partial charge in [-0.15, -0.1) is 24.0 Å². The molecule has 0 spiro atoms. The number of guanidine groups is 1. The van der Waals surface area contributed by atoms with Gasteiger partial charge in [-0.2, -0.15) is 0 Å². The van der Waals surface area contributed by atoms with Crippen molar-refractivity contribution in [3.8, 4) is 0 Å². The first-order valence-electron chi connectivity index (χ1n) is 11.0. The first-order chi connectivity index (χ1) is 13.1. The minimum absolute atomic E-state index is 0. The van der Waals surface area contributed by atoms with E-state index in [4.69, 9.17) is 14.5 Å². The molecule has 0 bridgehead atoms. The van der Waals surface area contributed by atoms with Gasteiger partial charge in [0.15, 0.2) is 5.96 Å². The van der Waals surface area contributed by atoms with Crippen molar-refractivity contribution < 1.29 is 9.47 Å². The average Bonchev–Trinajstić information content (AvgIpc) is 3.17. The molecule has 0 aromatic heterocycles. The highest BCUT2D eigenvalue weighted by atomic mass is 127. The first-order valence-corrected chi connectivity index (χ1v) is 11.0. The van der Waals surface area contributed by atoms with Gasteiger partial charge in [-0.1, -0.05) is 26.7 Å². The summed E-state index contributed by atoms with van der Waals surface area (Å²) in [6.07, 6.45) is 4.89. The molecule has 2 aliphatic heterocycles. The van der Waals surface area contributed by atoms with Crippen LogP contribution in [0.15, 0.2) is 4.99 Å². The normalized spacial score (nSPS) is 23.3. The zero-order chi connectivity index (χ0) is 19.5. The van der Waals surface area contributed by atoms with E-state index >= 15 is 0 Å². The van der Waals surface area contributed by atoms with Gasteiger partial charge in [0.2, 0.25) is 0 Å². The van der Waals surface area contributed by atoms with Crippen molar-refractivity contribution in [1.29, 1.82) is 0 Å². The fraction of sp³-hybridized carbons (Fsp3) is 0.952. The van der Waals surface area contributed by atoms with Crippen molar-refractivity contribution in [3.63, 3.8) is 0 Å². The molecule has 3 unspecified atom stereocenters. The molecule has 0 amide bonds. The number of rotatable bonds is 10. The van der Waals surface area contributed by atoms with Crippen LogP contribution in [-0.2, 0) is 9.47 Å². The van der Waals surface area contributed by atoms with Gasteiger partial charge in [-0.25, -0.2) is 0 Å². The molecule has 2 rings (SSSR count). The Balaban J connectivity index is 0.00000392. The molecular formula is C21H43IN4O2. The monoisotopic (exact) mass is 510 g/mol. The molecule has 7 heteroatoms. The summed E-state index contributed by atoms with van der Waals surface area (Å²) in [5.74, 6) is 2.31. The molecule has 0 aromatic carbocycles. The molecule has 0 aromatic rings. The second kappa shape index (κ2) is 14.8. The van der Waals surface area contributed by atoms with Crippen LogP contribution in [0.4, 0.5) is 0 Å². The highest BCUT2D eigenvalue weighted by molar-refractivity contribution is 14.0. The molecule has 2 saturated heterocycles. The second-order valence-electron chi connectivity index (χ2n) is 8.43. The van der Waals surface area contributed by atoms with Crippen LogP contribution in [0.2, 0.25) is 0 Å². The highest BCUT2D eigenvalue weighted by Crippen LogP contribution is 2.22. The molecule has 166 valence electrons. The van der Waals surface area contributed by atoms with Crippen LogP contribution in [-0.4, -0.2) is 75.5 Å². The average molecular weight is 511 g/mol. The van der Waals surface area contributed by atoms with E-state index < -0.39 is 0 Å². The van der Waals surface area contributed by atoms with Crippen molar-refractivity contribution >= 4 is 29.9 Å². The summed E-state index contributed by atoms with van der Waals surface area (Å²) in [6.45, 7) is 16.1. The minimum atomic E-state index is 0. The zero-order valence-corrected chi connectivity index (χ0v) is 20.7. The Morgan fingerprint density at radius 3 is 2.46 bits per heavy atom. The number of hydrogen-bond acceptors (Lipinski definition) is 4. The van der Waals surface area contributed by atoms with Crippen LogP contribution >= 0.6 is 24.0 Å². The van der Waals surface area contributed by atoms with Gasteiger partial charge in [0.25, 0.3) is 0 Å². The van der Waals surface area contributed by atoms with E-state index in [9.17, 15) is 0 Å². The number of morpholine rings is 1. The summed E-state index contributed by atoms with van der Waals surface area (Å²) in [5, 5.41) is 7.03. The Hall–Kier alpha value is -0.120. The number of hydrogen-bond donors (Lipinski definition) is 2. The maximum Gasteiger partial charge on any atom is 0.191 e. The number of halogens is 1. The van der Waals surface area contributed by atoms with Gasteiger partial charge in [0.1, 0.15) is 0 Å². The van der Waals surface area contributed by atoms with Gasteiger partial charge in [-0.05, 0) is 32.6 Å². The van der Waals surface area contributed by atoms with Crippen molar-refractivity contribution in [2.75, 3.05) is 52.6 Å². The van der Waals surface area contributed by atoms with E-state index in [1.807, 2.05) is 0 Å². The van der Waals surface area contributed by atoms with Gasteiger partial charge < -0.3 is 20.1 Å². The Bertz CT molecular complexity index is 425. The first kappa shape index (κ1) is 25.9. The van der Waals surface area contributed by atoms with Crippen LogP contribution < -0.4 is 10.6 Å². The van der Waals surface area contributed by atoms with Crippen molar-refractivity contribution in [2.24, 2.45) is 16.8 Å². The van der Waals surface area contributed by atoms with Crippen molar-refractivity contribution in [3.05, 3.63) is 0 Å². The van der Waals surface area contributed by atoms with Crippen molar-refractivity contribution in [2.45, 2.75) is 65.5 Å². The lowest BCUT2D eigenvalue weighted by Crippen LogP contribution is -2.49. The van der Waals surface area contributed by atoms with E-state index in [1.165, 1.54) is 19.3 Å². The van der Waals surface area contributed by atoms with Gasteiger partial charge in [0, 0.05) is 44.2 Å². The molecule has 0 radical (unpaired) electrons. The summed E-state index contributed by atoms with van der Waals surface area (Å²) < 4.78 is 11.2. The molecule has 28 heavy (non-hydrogen) atoms. The van der Waals surface area contributed by atoms with E-state index in [2.05, 4.69) is 43.2 Å². The largest absolute Gasteiger partial charge is 0.381 e. The van der Waals surface area contributed by atoms with Crippen LogP contribution in [0.3, 0.4) is 0 Å². The molecular weight excluding hydrogens is 467 g/mol. The summed E-state index contributed by atoms with van der Waals surface area (Å²) >= 11 is 0. The predicted molar refractivity (Wildman–Crippen MR) is 128 cm³/mol. The third kappa shape index (κ3) is 9.59. The zero-order valence-electron chi connectivity index (χ0n) is 18.4. The Morgan fingerprint density at radius 2 is 1.86 bits per heavy atom. The van der Waals surface area contributed by atoms with E-state index in [1.54, 1.807) is 0 Å². The lowest BCUT2D eigenvalue weighted by molar-refractivity contribution is 0.00368. The summed E-state index contributed by atoms with van der Waals surface area (Å²) in [7, 11) is 0. The predicted octanol–water partition coefficient (Wildman–Crippen LogP) is 3.11. The fourth-order valence-electron chi connectivity index (χ4n) is 3.97. The quantitative estimate of drug-likeness (QED) is 0.269. The Kier molecular flexibility index (Phi) is 13.7. The van der Waals surface area contributed by atoms with Crippen LogP contribution in [0.5, 0.6) is 0 Å². The fourth-order valence-corrected chi connectivity index (χ4v) is 3.97. The highest BCUT2D eigenvalue weighted by Gasteiger charge is 2.31. The van der Waals surface area contributed by atoms with E-state index in [0.29, 0.717) is 18.0 Å². The smallest absolute Gasteiger partial charge is 0.191 e. The number of ether oxygens (including phenoxy) is 2. The standard InChI is InChI=1S/C21H42N4O2.HI/c1-5-22-21(24-18(4)8-6-7-17(2)3)23-15-20(19-9-12-27-16-19)25-10-13-26-14-11-25;/h17-20H,5-16H2,1-4H3,(H2,22,23,24);1H. The summed E-state index contributed by atoms with van der Waals surface area (Å²) in [5.41, 5.74) is 0. The summed E-state index contributed by atoms with van der Waals surface area (Å²) in [6, 6.07) is 0.890. The number of aliphatic imine (C=N–C) groups is 1. The third-order valence-electron chi connectivity index (χ3n) is 5.61. The number of nitrogens with one attached hydrogen (secondary N) is 2. The van der Waals surface area contributed by atoms with Gasteiger partial charge in [-0.3, -0.25) is 9.89 Å². The SMILES string of the molecule is CCNC(=NCC(C1CCOC1)N1CCOCC1)NC(C)CCCC(C)C.I. The number of nitrogens with zero attached hydrogens (tertiary/aromatic N) is 2. The lowest BCUT2D eigenvalue weighted by atomic mass is 9.97. The van der Waals surface area contributed by atoms with E-state index in [0.717, 1.165) is 70.9 Å². The van der Waals surface area contributed by atoms with Crippen molar-refractivity contribution in [1.82, 2.24) is 15.5 Å². The van der Waals surface area contributed by atoms with E-state index in [-0.39, 0.29) is 24.0 Å². The minimum Gasteiger partial charge on any atom is -0.381 e. The van der Waals surface area contributed by atoms with Crippen LogP contribution in [0.1, 0.15) is 53.4 Å². The molecule has 6 nitrogen and oxygen atoms in total. The van der Waals surface area contributed by atoms with Gasteiger partial charge in [0.05, 0.1) is 26.4 Å². The molecule has 2 N–H and O–H groups in total. The molecule has 0 aliphatic carbocycles. The van der Waals surface area contributed by atoms with Gasteiger partial charge >= 0.3 is 0 Å². The molecule has 2 heterocycles. The second-order valence-corrected chi connectivity index (χ2v) is 8.43. The van der Waals surface area contributed by atoms with Crippen LogP contribution in [0.25, 0.3) is 0 Å². The molecule has 2 fully saturated rings. The topological polar surface area (TPSA) is 58.1 Å². The Labute approximate surface area is 189 Å².